The molecule has 0 aromatic heterocycles. The molecule has 1 unspecified atom stereocenters. The van der Waals surface area contributed by atoms with Crippen LogP contribution in [0.3, 0.4) is 0 Å². The fourth-order valence-corrected chi connectivity index (χ4v) is 2.93. The first kappa shape index (κ1) is 17.4. The summed E-state index contributed by atoms with van der Waals surface area (Å²) in [5.41, 5.74) is 2.10. The van der Waals surface area contributed by atoms with E-state index in [1.54, 1.807) is 42.5 Å². The summed E-state index contributed by atoms with van der Waals surface area (Å²) in [5.74, 6) is -0.518. The molecule has 1 atom stereocenters. The largest absolute Gasteiger partial charge is 0.351 e. The average molecular weight is 346 g/mol. The molecular formula is C21H18N2O3. The highest BCUT2D eigenvalue weighted by Gasteiger charge is 2.23. The highest BCUT2D eigenvalue weighted by Crippen LogP contribution is 2.31. The van der Waals surface area contributed by atoms with Crippen LogP contribution >= 0.6 is 0 Å². The highest BCUT2D eigenvalue weighted by atomic mass is 16.6. The van der Waals surface area contributed by atoms with Gasteiger partial charge in [0.1, 0.15) is 0 Å². The molecule has 0 radical (unpaired) electrons. The molecule has 0 heterocycles. The van der Waals surface area contributed by atoms with Crippen molar-refractivity contribution in [3.05, 3.63) is 112 Å². The van der Waals surface area contributed by atoms with Crippen LogP contribution < -0.4 is 5.32 Å². The van der Waals surface area contributed by atoms with Crippen molar-refractivity contribution in [1.29, 1.82) is 0 Å². The van der Waals surface area contributed by atoms with E-state index in [1.807, 2.05) is 36.4 Å². The first-order chi connectivity index (χ1) is 12.7. The summed E-state index contributed by atoms with van der Waals surface area (Å²) >= 11 is 0. The van der Waals surface area contributed by atoms with Crippen molar-refractivity contribution in [2.45, 2.75) is 5.92 Å². The van der Waals surface area contributed by atoms with Gasteiger partial charge in [-0.25, -0.2) is 0 Å². The molecule has 1 N–H and O–H groups in total. The third-order valence-corrected chi connectivity index (χ3v) is 4.21. The summed E-state index contributed by atoms with van der Waals surface area (Å²) in [6.07, 6.45) is 0. The Bertz CT molecular complexity index is 895. The topological polar surface area (TPSA) is 72.2 Å². The van der Waals surface area contributed by atoms with Crippen LogP contribution in [0.4, 0.5) is 5.69 Å². The van der Waals surface area contributed by atoms with Crippen molar-refractivity contribution >= 4 is 11.6 Å². The van der Waals surface area contributed by atoms with Gasteiger partial charge in [-0.3, -0.25) is 14.9 Å². The highest BCUT2D eigenvalue weighted by molar-refractivity contribution is 5.94. The van der Waals surface area contributed by atoms with Crippen LogP contribution in [0.1, 0.15) is 27.4 Å². The monoisotopic (exact) mass is 346 g/mol. The van der Waals surface area contributed by atoms with Gasteiger partial charge in [0.25, 0.3) is 11.6 Å². The molecule has 0 spiro atoms. The summed E-state index contributed by atoms with van der Waals surface area (Å²) in [6, 6.07) is 25.0. The number of amides is 1. The molecule has 5 nitrogen and oxygen atoms in total. The molecule has 0 fully saturated rings. The second-order valence-corrected chi connectivity index (χ2v) is 5.86. The van der Waals surface area contributed by atoms with Gasteiger partial charge in [0.05, 0.1) is 4.92 Å². The molecular weight excluding hydrogens is 328 g/mol. The number of nitrogens with zero attached hydrogens (tertiary/aromatic N) is 1. The number of rotatable bonds is 6. The molecule has 5 heteroatoms. The average Bonchev–Trinajstić information content (AvgIpc) is 2.69. The predicted octanol–water partition coefficient (Wildman–Crippen LogP) is 4.16. The lowest BCUT2D eigenvalue weighted by atomic mass is 9.90. The van der Waals surface area contributed by atoms with Crippen LogP contribution in [0.25, 0.3) is 0 Å². The van der Waals surface area contributed by atoms with E-state index in [0.717, 1.165) is 5.56 Å². The smallest absolute Gasteiger partial charge is 0.273 e. The van der Waals surface area contributed by atoms with Gasteiger partial charge in [0.2, 0.25) is 0 Å². The van der Waals surface area contributed by atoms with E-state index in [-0.39, 0.29) is 29.0 Å². The zero-order valence-electron chi connectivity index (χ0n) is 14.0. The standard InChI is InChI=1S/C21H18N2O3/c24-21(17-11-5-2-6-12-17)22-15-19(16-9-3-1-4-10-16)18-13-7-8-14-20(18)23(25)26/h1-14,19H,15H2,(H,22,24). The Morgan fingerprint density at radius 1 is 0.885 bits per heavy atom. The number of nitro benzene ring substituents is 1. The van der Waals surface area contributed by atoms with E-state index >= 15 is 0 Å². The molecule has 3 aromatic carbocycles. The summed E-state index contributed by atoms with van der Waals surface area (Å²) in [5, 5.41) is 14.3. The number of para-hydroxylation sites is 1. The van der Waals surface area contributed by atoms with Gasteiger partial charge < -0.3 is 5.32 Å². The molecule has 0 aliphatic carbocycles. The predicted molar refractivity (Wildman–Crippen MR) is 100 cm³/mol. The van der Waals surface area contributed by atoms with E-state index in [4.69, 9.17) is 0 Å². The Morgan fingerprint density at radius 3 is 2.12 bits per heavy atom. The lowest BCUT2D eigenvalue weighted by molar-refractivity contribution is -0.385. The Hall–Kier alpha value is -3.47. The van der Waals surface area contributed by atoms with Gasteiger partial charge in [-0.2, -0.15) is 0 Å². The molecule has 0 aliphatic rings. The van der Waals surface area contributed by atoms with Crippen LogP contribution in [0.2, 0.25) is 0 Å². The fraction of sp³-hybridized carbons (Fsp3) is 0.0952. The van der Waals surface area contributed by atoms with Crippen LogP contribution in [-0.2, 0) is 0 Å². The van der Waals surface area contributed by atoms with Gasteiger partial charge in [-0.05, 0) is 17.7 Å². The number of hydrogen-bond donors (Lipinski definition) is 1. The van der Waals surface area contributed by atoms with Gasteiger partial charge in [-0.1, -0.05) is 66.7 Å². The first-order valence-electron chi connectivity index (χ1n) is 8.28. The molecule has 0 saturated heterocycles. The summed E-state index contributed by atoms with van der Waals surface area (Å²) in [7, 11) is 0. The van der Waals surface area contributed by atoms with Crippen molar-refractivity contribution in [1.82, 2.24) is 5.32 Å². The van der Waals surface area contributed by atoms with Crippen molar-refractivity contribution in [2.24, 2.45) is 0 Å². The van der Waals surface area contributed by atoms with E-state index < -0.39 is 0 Å². The SMILES string of the molecule is O=C(NCC(c1ccccc1)c1ccccc1[N+](=O)[O-])c1ccccc1. The maximum absolute atomic E-state index is 12.4. The van der Waals surface area contributed by atoms with Gasteiger partial charge in [-0.15, -0.1) is 0 Å². The molecule has 26 heavy (non-hydrogen) atoms. The van der Waals surface area contributed by atoms with Crippen LogP contribution in [0, 0.1) is 10.1 Å². The number of nitrogens with one attached hydrogen (secondary N) is 1. The number of carbonyl (C=O) groups excluding carboxylic acids is 1. The second-order valence-electron chi connectivity index (χ2n) is 5.86. The van der Waals surface area contributed by atoms with Crippen LogP contribution in [0.5, 0.6) is 0 Å². The quantitative estimate of drug-likeness (QED) is 0.538. The number of carbonyl (C=O) groups is 1. The molecule has 3 aromatic rings. The molecule has 130 valence electrons. The summed E-state index contributed by atoms with van der Waals surface area (Å²) in [4.78, 5) is 23.4. The number of hydrogen-bond acceptors (Lipinski definition) is 3. The maximum Gasteiger partial charge on any atom is 0.273 e. The molecule has 0 bridgehead atoms. The Balaban J connectivity index is 1.91. The lowest BCUT2D eigenvalue weighted by Gasteiger charge is -2.19. The third-order valence-electron chi connectivity index (χ3n) is 4.21. The third kappa shape index (κ3) is 3.95. The molecule has 3 rings (SSSR count). The minimum absolute atomic E-state index is 0.0512. The van der Waals surface area contributed by atoms with E-state index in [0.29, 0.717) is 11.1 Å². The van der Waals surface area contributed by atoms with Crippen molar-refractivity contribution in [3.63, 3.8) is 0 Å². The fourth-order valence-electron chi connectivity index (χ4n) is 2.93. The first-order valence-corrected chi connectivity index (χ1v) is 8.28. The van der Waals surface area contributed by atoms with Crippen molar-refractivity contribution < 1.29 is 9.72 Å². The zero-order valence-corrected chi connectivity index (χ0v) is 14.0. The van der Waals surface area contributed by atoms with E-state index in [1.165, 1.54) is 6.07 Å². The van der Waals surface area contributed by atoms with Crippen LogP contribution in [0.15, 0.2) is 84.9 Å². The molecule has 0 aliphatic heterocycles. The molecule has 0 saturated carbocycles. The summed E-state index contributed by atoms with van der Waals surface area (Å²) in [6.45, 7) is 0.266. The van der Waals surface area contributed by atoms with Crippen LogP contribution in [-0.4, -0.2) is 17.4 Å². The van der Waals surface area contributed by atoms with Crippen molar-refractivity contribution in [3.8, 4) is 0 Å². The van der Waals surface area contributed by atoms with Crippen molar-refractivity contribution in [2.75, 3.05) is 6.54 Å². The Labute approximate surface area is 151 Å². The zero-order chi connectivity index (χ0) is 18.4. The Kier molecular flexibility index (Phi) is 5.39. The summed E-state index contributed by atoms with van der Waals surface area (Å²) < 4.78 is 0. The Morgan fingerprint density at radius 2 is 1.46 bits per heavy atom. The lowest BCUT2D eigenvalue weighted by Crippen LogP contribution is -2.29. The minimum Gasteiger partial charge on any atom is -0.351 e. The number of nitro groups is 1. The minimum atomic E-state index is -0.385. The number of benzene rings is 3. The maximum atomic E-state index is 12.4. The normalized spacial score (nSPS) is 11.5. The van der Waals surface area contributed by atoms with Gasteiger partial charge in [0.15, 0.2) is 0 Å². The molecule has 1 amide bonds. The van der Waals surface area contributed by atoms with E-state index in [2.05, 4.69) is 5.32 Å². The van der Waals surface area contributed by atoms with E-state index in [9.17, 15) is 14.9 Å². The second kappa shape index (κ2) is 8.07. The van der Waals surface area contributed by atoms with Gasteiger partial charge in [0, 0.05) is 29.7 Å². The van der Waals surface area contributed by atoms with Gasteiger partial charge >= 0.3 is 0 Å².